The van der Waals surface area contributed by atoms with Crippen LogP contribution in [0.25, 0.3) is 0 Å². The number of rotatable bonds is 7. The number of hydrogen-bond acceptors (Lipinski definition) is 5. The van der Waals surface area contributed by atoms with Gasteiger partial charge in [-0.2, -0.15) is 0 Å². The molecule has 0 aliphatic heterocycles. The molecular weight excluding hydrogens is 310 g/mol. The van der Waals surface area contributed by atoms with E-state index in [1.807, 2.05) is 12.1 Å². The zero-order chi connectivity index (χ0) is 18.2. The van der Waals surface area contributed by atoms with Crippen molar-refractivity contribution in [1.82, 2.24) is 15.2 Å². The molecule has 0 fully saturated rings. The van der Waals surface area contributed by atoms with Crippen molar-refractivity contribution >= 4 is 12.0 Å². The summed E-state index contributed by atoms with van der Waals surface area (Å²) >= 11 is 0. The number of aromatic nitrogens is 1. The summed E-state index contributed by atoms with van der Waals surface area (Å²) in [6.07, 6.45) is 4.02. The summed E-state index contributed by atoms with van der Waals surface area (Å²) in [5, 5.41) is 11.8. The first-order valence-electron chi connectivity index (χ1n) is 8.01. The second-order valence-corrected chi connectivity index (χ2v) is 6.52. The molecule has 2 amide bonds. The fourth-order valence-corrected chi connectivity index (χ4v) is 1.97. The van der Waals surface area contributed by atoms with Crippen LogP contribution in [0.5, 0.6) is 0 Å². The molecule has 134 valence electrons. The van der Waals surface area contributed by atoms with Crippen molar-refractivity contribution in [3.8, 4) is 0 Å². The van der Waals surface area contributed by atoms with Gasteiger partial charge in [-0.1, -0.05) is 0 Å². The van der Waals surface area contributed by atoms with Crippen LogP contribution in [0.4, 0.5) is 4.79 Å². The molecule has 24 heavy (non-hydrogen) atoms. The number of esters is 1. The summed E-state index contributed by atoms with van der Waals surface area (Å²) in [5.41, 5.74) is 0.434. The molecule has 2 N–H and O–H groups in total. The number of ether oxygens (including phenoxy) is 1. The van der Waals surface area contributed by atoms with Crippen LogP contribution in [0.3, 0.4) is 0 Å². The molecule has 0 radical (unpaired) electrons. The van der Waals surface area contributed by atoms with Crippen molar-refractivity contribution in [2.75, 3.05) is 19.7 Å². The average Bonchev–Trinajstić information content (AvgIpc) is 2.50. The smallest absolute Gasteiger partial charge is 0.328 e. The number of nitrogens with zero attached hydrogens (tertiary/aromatic N) is 2. The Bertz CT molecular complexity index is 528. The van der Waals surface area contributed by atoms with E-state index in [4.69, 9.17) is 9.84 Å². The van der Waals surface area contributed by atoms with E-state index in [-0.39, 0.29) is 13.2 Å². The van der Waals surface area contributed by atoms with Crippen molar-refractivity contribution in [2.24, 2.45) is 0 Å². The summed E-state index contributed by atoms with van der Waals surface area (Å²) in [4.78, 5) is 29.7. The fourth-order valence-electron chi connectivity index (χ4n) is 1.97. The molecule has 0 aromatic carbocycles. The SMILES string of the molecule is C[C@H](NC(=O)N(CCO)CCc1ccncc1)C(=O)OC(C)(C)C. The molecule has 7 heteroatoms. The number of hydrogen-bond donors (Lipinski definition) is 2. The minimum absolute atomic E-state index is 0.148. The highest BCUT2D eigenvalue weighted by molar-refractivity contribution is 5.83. The number of urea groups is 1. The van der Waals surface area contributed by atoms with E-state index >= 15 is 0 Å². The van der Waals surface area contributed by atoms with Crippen molar-refractivity contribution in [3.05, 3.63) is 30.1 Å². The van der Waals surface area contributed by atoms with Crippen LogP contribution >= 0.6 is 0 Å². The van der Waals surface area contributed by atoms with Gasteiger partial charge >= 0.3 is 12.0 Å². The van der Waals surface area contributed by atoms with E-state index in [2.05, 4.69) is 10.3 Å². The predicted molar refractivity (Wildman–Crippen MR) is 90.4 cm³/mol. The molecule has 0 spiro atoms. The molecule has 1 aromatic rings. The third-order valence-corrected chi connectivity index (χ3v) is 3.18. The first-order valence-corrected chi connectivity index (χ1v) is 8.01. The number of carbonyl (C=O) groups excluding carboxylic acids is 2. The molecule has 0 saturated carbocycles. The van der Waals surface area contributed by atoms with Gasteiger partial charge in [-0.3, -0.25) is 4.98 Å². The van der Waals surface area contributed by atoms with Gasteiger partial charge in [-0.05, 0) is 51.8 Å². The summed E-state index contributed by atoms with van der Waals surface area (Å²) in [7, 11) is 0. The van der Waals surface area contributed by atoms with Crippen LogP contribution in [0, 0.1) is 0 Å². The van der Waals surface area contributed by atoms with Gasteiger partial charge in [0.25, 0.3) is 0 Å². The average molecular weight is 337 g/mol. The Morgan fingerprint density at radius 3 is 2.46 bits per heavy atom. The molecule has 0 bridgehead atoms. The molecule has 0 unspecified atom stereocenters. The lowest BCUT2D eigenvalue weighted by Gasteiger charge is -2.26. The normalized spacial score (nSPS) is 12.4. The Balaban J connectivity index is 2.57. The monoisotopic (exact) mass is 337 g/mol. The van der Waals surface area contributed by atoms with Gasteiger partial charge in [-0.25, -0.2) is 9.59 Å². The molecule has 0 aliphatic carbocycles. The highest BCUT2D eigenvalue weighted by Gasteiger charge is 2.24. The van der Waals surface area contributed by atoms with Crippen molar-refractivity contribution in [2.45, 2.75) is 45.8 Å². The van der Waals surface area contributed by atoms with Gasteiger partial charge < -0.3 is 20.1 Å². The molecule has 0 saturated heterocycles. The standard InChI is InChI=1S/C17H27N3O4/c1-13(15(22)24-17(2,3)4)19-16(23)20(11-12-21)10-7-14-5-8-18-9-6-14/h5-6,8-9,13,21H,7,10-12H2,1-4H3,(H,19,23)/t13-/m0/s1. The maximum Gasteiger partial charge on any atom is 0.328 e. The summed E-state index contributed by atoms with van der Waals surface area (Å²) in [5.74, 6) is -0.492. The van der Waals surface area contributed by atoms with E-state index in [0.717, 1.165) is 5.56 Å². The number of aliphatic hydroxyl groups excluding tert-OH is 1. The molecule has 1 heterocycles. The minimum atomic E-state index is -0.765. The van der Waals surface area contributed by atoms with E-state index in [0.29, 0.717) is 13.0 Å². The zero-order valence-electron chi connectivity index (χ0n) is 14.8. The van der Waals surface area contributed by atoms with Crippen LogP contribution in [0.1, 0.15) is 33.3 Å². The fraction of sp³-hybridized carbons (Fsp3) is 0.588. The van der Waals surface area contributed by atoms with Gasteiger partial charge in [0.15, 0.2) is 0 Å². The van der Waals surface area contributed by atoms with Gasteiger partial charge in [-0.15, -0.1) is 0 Å². The molecule has 1 aromatic heterocycles. The second-order valence-electron chi connectivity index (χ2n) is 6.52. The topological polar surface area (TPSA) is 91.8 Å². The van der Waals surface area contributed by atoms with Gasteiger partial charge in [0.2, 0.25) is 0 Å². The van der Waals surface area contributed by atoms with Crippen molar-refractivity contribution in [1.29, 1.82) is 0 Å². The van der Waals surface area contributed by atoms with Crippen LogP contribution in [-0.4, -0.2) is 58.3 Å². The predicted octanol–water partition coefficient (Wildman–Crippen LogP) is 1.36. The largest absolute Gasteiger partial charge is 0.458 e. The molecular formula is C17H27N3O4. The van der Waals surface area contributed by atoms with Crippen LogP contribution in [0.2, 0.25) is 0 Å². The summed E-state index contributed by atoms with van der Waals surface area (Å²) in [6.45, 7) is 7.36. The number of amides is 2. The lowest BCUT2D eigenvalue weighted by molar-refractivity contribution is -0.156. The van der Waals surface area contributed by atoms with E-state index < -0.39 is 23.6 Å². The van der Waals surface area contributed by atoms with Crippen molar-refractivity contribution in [3.63, 3.8) is 0 Å². The summed E-state index contributed by atoms with van der Waals surface area (Å²) in [6, 6.07) is 2.58. The lowest BCUT2D eigenvalue weighted by atomic mass is 10.2. The van der Waals surface area contributed by atoms with Crippen LogP contribution < -0.4 is 5.32 Å². The first-order chi connectivity index (χ1) is 11.2. The Morgan fingerprint density at radius 2 is 1.92 bits per heavy atom. The number of carbonyl (C=O) groups is 2. The van der Waals surface area contributed by atoms with Crippen LogP contribution in [0.15, 0.2) is 24.5 Å². The number of aliphatic hydroxyl groups is 1. The minimum Gasteiger partial charge on any atom is -0.458 e. The maximum absolute atomic E-state index is 12.3. The Kier molecular flexibility index (Phi) is 7.64. The third kappa shape index (κ3) is 7.41. The van der Waals surface area contributed by atoms with Crippen molar-refractivity contribution < 1.29 is 19.4 Å². The second kappa shape index (κ2) is 9.22. The third-order valence-electron chi connectivity index (χ3n) is 3.18. The number of nitrogens with one attached hydrogen (secondary N) is 1. The van der Waals surface area contributed by atoms with Gasteiger partial charge in [0.05, 0.1) is 6.61 Å². The Morgan fingerprint density at radius 1 is 1.29 bits per heavy atom. The highest BCUT2D eigenvalue weighted by Crippen LogP contribution is 2.08. The lowest BCUT2D eigenvalue weighted by Crippen LogP contribution is -2.49. The number of pyridine rings is 1. The van der Waals surface area contributed by atoms with E-state index in [9.17, 15) is 9.59 Å². The summed E-state index contributed by atoms with van der Waals surface area (Å²) < 4.78 is 5.24. The first kappa shape index (κ1) is 19.9. The Hall–Kier alpha value is -2.15. The maximum atomic E-state index is 12.3. The van der Waals surface area contributed by atoms with E-state index in [1.54, 1.807) is 40.1 Å². The molecule has 1 rings (SSSR count). The highest BCUT2D eigenvalue weighted by atomic mass is 16.6. The van der Waals surface area contributed by atoms with Gasteiger partial charge in [0, 0.05) is 25.5 Å². The van der Waals surface area contributed by atoms with E-state index in [1.165, 1.54) is 4.90 Å². The zero-order valence-corrected chi connectivity index (χ0v) is 14.8. The molecule has 0 aliphatic rings. The van der Waals surface area contributed by atoms with Gasteiger partial charge in [0.1, 0.15) is 11.6 Å². The van der Waals surface area contributed by atoms with Crippen LogP contribution in [-0.2, 0) is 16.0 Å². The quantitative estimate of drug-likeness (QED) is 0.733. The Labute approximate surface area is 143 Å². The molecule has 1 atom stereocenters. The molecule has 7 nitrogen and oxygen atoms in total.